The minimum atomic E-state index is -0.139. The van der Waals surface area contributed by atoms with Gasteiger partial charge in [0, 0.05) is 23.2 Å². The van der Waals surface area contributed by atoms with Crippen molar-refractivity contribution in [3.8, 4) is 0 Å². The van der Waals surface area contributed by atoms with Gasteiger partial charge in [0.15, 0.2) is 5.82 Å². The average Bonchev–Trinajstić information content (AvgIpc) is 3.13. The smallest absolute Gasteiger partial charge is 0.317 e. The highest BCUT2D eigenvalue weighted by molar-refractivity contribution is 5.88. The van der Waals surface area contributed by atoms with E-state index in [1.807, 2.05) is 30.9 Å². The number of hydrogen-bond donors (Lipinski definition) is 2. The molecule has 1 aliphatic heterocycles. The van der Waals surface area contributed by atoms with Crippen molar-refractivity contribution in [2.24, 2.45) is 0 Å². The zero-order valence-electron chi connectivity index (χ0n) is 15.6. The Morgan fingerprint density at radius 2 is 2.04 bits per heavy atom. The summed E-state index contributed by atoms with van der Waals surface area (Å²) >= 11 is 0. The summed E-state index contributed by atoms with van der Waals surface area (Å²) in [5.41, 5.74) is 3.94. The van der Waals surface area contributed by atoms with E-state index < -0.39 is 0 Å². The van der Waals surface area contributed by atoms with Crippen molar-refractivity contribution in [3.63, 3.8) is 0 Å². The zero-order chi connectivity index (χ0) is 18.2. The van der Waals surface area contributed by atoms with Crippen LogP contribution in [0.25, 0.3) is 0 Å². The molecule has 2 aromatic heterocycles. The molecule has 1 saturated heterocycles. The Balaban J connectivity index is 1.74. The molecule has 7 nitrogen and oxygen atoms in total. The second kappa shape index (κ2) is 6.46. The highest BCUT2D eigenvalue weighted by Gasteiger charge is 2.33. The lowest BCUT2D eigenvalue weighted by Gasteiger charge is -2.25. The number of nitrogens with zero attached hydrogens (tertiary/aromatic N) is 4. The van der Waals surface area contributed by atoms with Crippen molar-refractivity contribution in [1.82, 2.24) is 25.3 Å². The number of urea groups is 1. The molecule has 0 unspecified atom stereocenters. The largest absolute Gasteiger partial charge is 0.323 e. The van der Waals surface area contributed by atoms with Crippen LogP contribution < -0.4 is 5.32 Å². The molecular weight excluding hydrogens is 316 g/mol. The van der Waals surface area contributed by atoms with Gasteiger partial charge in [-0.15, -0.1) is 5.10 Å². The van der Waals surface area contributed by atoms with Crippen molar-refractivity contribution >= 4 is 11.8 Å². The third kappa shape index (κ3) is 3.50. The second-order valence-electron chi connectivity index (χ2n) is 7.68. The van der Waals surface area contributed by atoms with Gasteiger partial charge >= 0.3 is 6.03 Å². The first-order valence-corrected chi connectivity index (χ1v) is 8.70. The van der Waals surface area contributed by atoms with Crippen LogP contribution >= 0.6 is 0 Å². The van der Waals surface area contributed by atoms with Crippen molar-refractivity contribution in [2.75, 3.05) is 11.9 Å². The van der Waals surface area contributed by atoms with E-state index in [0.29, 0.717) is 5.82 Å². The molecule has 3 heterocycles. The Morgan fingerprint density at radius 3 is 2.60 bits per heavy atom. The summed E-state index contributed by atoms with van der Waals surface area (Å²) in [7, 11) is 0. The van der Waals surface area contributed by atoms with Gasteiger partial charge in [-0.2, -0.15) is 10.2 Å². The van der Waals surface area contributed by atoms with Crippen LogP contribution in [0.5, 0.6) is 0 Å². The highest BCUT2D eigenvalue weighted by Crippen LogP contribution is 2.35. The molecule has 7 heteroatoms. The SMILES string of the molecule is Cc1n[nH]c(C)c1[C@H]1CCCN1C(=O)Nc1ccc(C(C)(C)C)nn1. The molecule has 0 spiro atoms. The van der Waals surface area contributed by atoms with Gasteiger partial charge in [0.05, 0.1) is 17.4 Å². The van der Waals surface area contributed by atoms with E-state index in [9.17, 15) is 4.79 Å². The summed E-state index contributed by atoms with van der Waals surface area (Å²) in [5.74, 6) is 0.476. The van der Waals surface area contributed by atoms with Gasteiger partial charge in [0.25, 0.3) is 0 Å². The van der Waals surface area contributed by atoms with Gasteiger partial charge in [-0.3, -0.25) is 10.4 Å². The minimum absolute atomic E-state index is 0.0561. The Hall–Kier alpha value is -2.44. The summed E-state index contributed by atoms with van der Waals surface area (Å²) in [6.07, 6.45) is 1.93. The maximum Gasteiger partial charge on any atom is 0.323 e. The van der Waals surface area contributed by atoms with Crippen LogP contribution in [0.3, 0.4) is 0 Å². The third-order valence-electron chi connectivity index (χ3n) is 4.70. The standard InChI is InChI=1S/C18H26N6O/c1-11-16(12(2)21-20-11)13-7-6-10-24(13)17(25)19-15-9-8-14(22-23-15)18(3,4)5/h8-9,13H,6-7,10H2,1-5H3,(H,20,21)(H,19,23,25)/t13-/m1/s1. The molecule has 0 aliphatic carbocycles. The van der Waals surface area contributed by atoms with Crippen LogP contribution in [0.15, 0.2) is 12.1 Å². The van der Waals surface area contributed by atoms with E-state index in [2.05, 4.69) is 46.5 Å². The first-order chi connectivity index (χ1) is 11.8. The number of amides is 2. The number of aromatic nitrogens is 4. The molecule has 0 radical (unpaired) electrons. The number of carbonyl (C=O) groups excluding carboxylic acids is 1. The predicted molar refractivity (Wildman–Crippen MR) is 96.5 cm³/mol. The third-order valence-corrected chi connectivity index (χ3v) is 4.70. The maximum absolute atomic E-state index is 12.7. The lowest BCUT2D eigenvalue weighted by atomic mass is 9.92. The van der Waals surface area contributed by atoms with E-state index in [-0.39, 0.29) is 17.5 Å². The van der Waals surface area contributed by atoms with Crippen molar-refractivity contribution in [2.45, 2.75) is 58.9 Å². The number of nitrogens with one attached hydrogen (secondary N) is 2. The zero-order valence-corrected chi connectivity index (χ0v) is 15.6. The van der Waals surface area contributed by atoms with Crippen LogP contribution in [0.1, 0.15) is 62.3 Å². The van der Waals surface area contributed by atoms with Crippen molar-refractivity contribution in [3.05, 3.63) is 34.8 Å². The van der Waals surface area contributed by atoms with Crippen molar-refractivity contribution < 1.29 is 4.79 Å². The average molecular weight is 342 g/mol. The molecule has 3 rings (SSSR count). The fourth-order valence-corrected chi connectivity index (χ4v) is 3.34. The first-order valence-electron chi connectivity index (χ1n) is 8.70. The monoisotopic (exact) mass is 342 g/mol. The van der Waals surface area contributed by atoms with E-state index in [1.54, 1.807) is 0 Å². The van der Waals surface area contributed by atoms with Crippen LogP contribution in [0.4, 0.5) is 10.6 Å². The number of likely N-dealkylation sites (tertiary alicyclic amines) is 1. The second-order valence-corrected chi connectivity index (χ2v) is 7.68. The topological polar surface area (TPSA) is 86.8 Å². The Morgan fingerprint density at radius 1 is 1.28 bits per heavy atom. The van der Waals surface area contributed by atoms with E-state index in [0.717, 1.165) is 42.0 Å². The summed E-state index contributed by atoms with van der Waals surface area (Å²) in [6, 6.07) is 3.64. The molecule has 1 aliphatic rings. The molecule has 25 heavy (non-hydrogen) atoms. The van der Waals surface area contributed by atoms with Gasteiger partial charge in [0.2, 0.25) is 0 Å². The number of hydrogen-bond acceptors (Lipinski definition) is 4. The molecule has 2 amide bonds. The molecule has 0 bridgehead atoms. The lowest BCUT2D eigenvalue weighted by molar-refractivity contribution is 0.206. The van der Waals surface area contributed by atoms with Gasteiger partial charge in [-0.25, -0.2) is 4.79 Å². The number of rotatable bonds is 2. The number of aryl methyl sites for hydroxylation is 2. The highest BCUT2D eigenvalue weighted by atomic mass is 16.2. The number of aromatic amines is 1. The molecule has 134 valence electrons. The molecule has 0 saturated carbocycles. The fourth-order valence-electron chi connectivity index (χ4n) is 3.34. The quantitative estimate of drug-likeness (QED) is 0.874. The fraction of sp³-hybridized carbons (Fsp3) is 0.556. The van der Waals surface area contributed by atoms with E-state index >= 15 is 0 Å². The van der Waals surface area contributed by atoms with Crippen LogP contribution in [-0.4, -0.2) is 37.9 Å². The van der Waals surface area contributed by atoms with Gasteiger partial charge < -0.3 is 4.90 Å². The molecule has 1 atom stereocenters. The van der Waals surface area contributed by atoms with Crippen LogP contribution in [0.2, 0.25) is 0 Å². The summed E-state index contributed by atoms with van der Waals surface area (Å²) in [4.78, 5) is 14.6. The van der Waals surface area contributed by atoms with E-state index in [4.69, 9.17) is 0 Å². The first kappa shape index (κ1) is 17.4. The lowest BCUT2D eigenvalue weighted by Crippen LogP contribution is -2.35. The van der Waals surface area contributed by atoms with E-state index in [1.165, 1.54) is 0 Å². The van der Waals surface area contributed by atoms with Crippen LogP contribution in [-0.2, 0) is 5.41 Å². The van der Waals surface area contributed by atoms with Crippen LogP contribution in [0, 0.1) is 13.8 Å². The predicted octanol–water partition coefficient (Wildman–Crippen LogP) is 3.48. The van der Waals surface area contributed by atoms with Gasteiger partial charge in [0.1, 0.15) is 0 Å². The number of anilines is 1. The Labute approximate surface area is 148 Å². The summed E-state index contributed by atoms with van der Waals surface area (Å²) in [5, 5.41) is 18.5. The molecule has 2 aromatic rings. The summed E-state index contributed by atoms with van der Waals surface area (Å²) < 4.78 is 0. The molecule has 2 N–H and O–H groups in total. The summed E-state index contributed by atoms with van der Waals surface area (Å²) in [6.45, 7) is 11.0. The Kier molecular flexibility index (Phi) is 4.49. The maximum atomic E-state index is 12.7. The van der Waals surface area contributed by atoms with Gasteiger partial charge in [-0.05, 0) is 38.8 Å². The number of carbonyl (C=O) groups is 1. The van der Waals surface area contributed by atoms with Gasteiger partial charge in [-0.1, -0.05) is 20.8 Å². The minimum Gasteiger partial charge on any atom is -0.317 e. The molecule has 0 aromatic carbocycles. The van der Waals surface area contributed by atoms with Crippen molar-refractivity contribution in [1.29, 1.82) is 0 Å². The normalized spacial score (nSPS) is 17.8. The molecular formula is C18H26N6O. The molecule has 1 fully saturated rings. The number of H-pyrrole nitrogens is 1. The Bertz CT molecular complexity index is 739.